The van der Waals surface area contributed by atoms with Crippen molar-refractivity contribution < 1.29 is 5.11 Å². The molecule has 1 aromatic carbocycles. The normalized spacial score (nSPS) is 30.4. The van der Waals surface area contributed by atoms with Crippen LogP contribution in [-0.4, -0.2) is 17.3 Å². The number of halogens is 2. The predicted octanol–water partition coefficient (Wildman–Crippen LogP) is 3.87. The smallest absolute Gasteiger partial charge is 0.0627 e. The molecule has 19 heavy (non-hydrogen) atoms. The lowest BCUT2D eigenvalue weighted by molar-refractivity contribution is 0.114. The molecular formula is C15H19Cl2NO. The average molecular weight is 300 g/mol. The van der Waals surface area contributed by atoms with Crippen LogP contribution in [0.4, 0.5) is 0 Å². The minimum absolute atomic E-state index is 0.0952. The van der Waals surface area contributed by atoms with Crippen LogP contribution in [0, 0.1) is 0 Å². The summed E-state index contributed by atoms with van der Waals surface area (Å²) in [6.45, 7) is 0. The van der Waals surface area contributed by atoms with Crippen molar-refractivity contribution in [2.75, 3.05) is 0 Å². The van der Waals surface area contributed by atoms with Crippen LogP contribution in [0.5, 0.6) is 0 Å². The number of hydrogen-bond acceptors (Lipinski definition) is 2. The fourth-order valence-corrected chi connectivity index (χ4v) is 3.78. The van der Waals surface area contributed by atoms with Crippen LogP contribution in [0.25, 0.3) is 0 Å². The van der Waals surface area contributed by atoms with Crippen molar-refractivity contribution in [3.8, 4) is 0 Å². The molecule has 4 heteroatoms. The van der Waals surface area contributed by atoms with Gasteiger partial charge in [-0.1, -0.05) is 29.3 Å². The number of hydrogen-bond donors (Lipinski definition) is 2. The van der Waals surface area contributed by atoms with Gasteiger partial charge >= 0.3 is 0 Å². The number of benzene rings is 1. The highest BCUT2D eigenvalue weighted by Crippen LogP contribution is 2.39. The lowest BCUT2D eigenvalue weighted by atomic mass is 9.92. The maximum atomic E-state index is 9.55. The average Bonchev–Trinajstić information content (AvgIpc) is 2.80. The molecule has 2 N–H and O–H groups in total. The van der Waals surface area contributed by atoms with Crippen molar-refractivity contribution >= 4 is 23.2 Å². The summed E-state index contributed by atoms with van der Waals surface area (Å²) >= 11 is 12.3. The largest absolute Gasteiger partial charge is 0.393 e. The molecular weight excluding hydrogens is 281 g/mol. The van der Waals surface area contributed by atoms with Crippen molar-refractivity contribution in [1.29, 1.82) is 0 Å². The summed E-state index contributed by atoms with van der Waals surface area (Å²) in [7, 11) is 0. The maximum Gasteiger partial charge on any atom is 0.0627 e. The Hall–Kier alpha value is -0.280. The van der Waals surface area contributed by atoms with E-state index in [0.717, 1.165) is 43.5 Å². The molecule has 2 aliphatic carbocycles. The number of nitrogens with one attached hydrogen (secondary N) is 1. The first-order chi connectivity index (χ1) is 9.15. The first-order valence-corrected chi connectivity index (χ1v) is 7.81. The zero-order chi connectivity index (χ0) is 13.4. The summed E-state index contributed by atoms with van der Waals surface area (Å²) in [6.07, 6.45) is 5.96. The summed E-state index contributed by atoms with van der Waals surface area (Å²) < 4.78 is 0. The first kappa shape index (κ1) is 13.7. The Morgan fingerprint density at radius 2 is 1.79 bits per heavy atom. The van der Waals surface area contributed by atoms with Gasteiger partial charge in [-0.05, 0) is 55.7 Å². The third kappa shape index (κ3) is 2.78. The van der Waals surface area contributed by atoms with E-state index in [-0.39, 0.29) is 6.10 Å². The van der Waals surface area contributed by atoms with Crippen molar-refractivity contribution in [1.82, 2.24) is 5.32 Å². The third-order valence-corrected chi connectivity index (χ3v) is 5.27. The van der Waals surface area contributed by atoms with Crippen molar-refractivity contribution in [2.45, 2.75) is 56.7 Å². The summed E-state index contributed by atoms with van der Waals surface area (Å²) in [6, 6.07) is 4.91. The van der Waals surface area contributed by atoms with Gasteiger partial charge in [0.15, 0.2) is 0 Å². The molecule has 0 aromatic heterocycles. The van der Waals surface area contributed by atoms with Crippen molar-refractivity contribution in [3.63, 3.8) is 0 Å². The molecule has 104 valence electrons. The predicted molar refractivity (Wildman–Crippen MR) is 78.9 cm³/mol. The monoisotopic (exact) mass is 299 g/mol. The summed E-state index contributed by atoms with van der Waals surface area (Å²) in [5.74, 6) is 0. The molecule has 1 atom stereocenters. The maximum absolute atomic E-state index is 9.55. The topological polar surface area (TPSA) is 32.3 Å². The summed E-state index contributed by atoms with van der Waals surface area (Å²) in [4.78, 5) is 0. The Bertz CT molecular complexity index is 469. The minimum Gasteiger partial charge on any atom is -0.393 e. The van der Waals surface area contributed by atoms with E-state index in [1.165, 1.54) is 11.1 Å². The Morgan fingerprint density at radius 3 is 2.53 bits per heavy atom. The Labute approximate surface area is 124 Å². The van der Waals surface area contributed by atoms with Crippen LogP contribution in [0.2, 0.25) is 10.0 Å². The molecule has 0 radical (unpaired) electrons. The van der Waals surface area contributed by atoms with Gasteiger partial charge in [-0.3, -0.25) is 0 Å². The second-order valence-electron chi connectivity index (χ2n) is 5.69. The minimum atomic E-state index is -0.0952. The van der Waals surface area contributed by atoms with Gasteiger partial charge in [0.05, 0.1) is 16.1 Å². The van der Waals surface area contributed by atoms with E-state index in [1.807, 2.05) is 6.07 Å². The lowest BCUT2D eigenvalue weighted by Crippen LogP contribution is -2.36. The zero-order valence-corrected chi connectivity index (χ0v) is 12.3. The van der Waals surface area contributed by atoms with Gasteiger partial charge < -0.3 is 10.4 Å². The highest BCUT2D eigenvalue weighted by molar-refractivity contribution is 6.42. The van der Waals surface area contributed by atoms with Crippen LogP contribution in [-0.2, 0) is 6.42 Å². The molecule has 0 bridgehead atoms. The number of rotatable bonds is 2. The molecule has 0 heterocycles. The molecule has 2 aliphatic rings. The van der Waals surface area contributed by atoms with Gasteiger partial charge in [0.1, 0.15) is 0 Å². The Morgan fingerprint density at radius 1 is 1.05 bits per heavy atom. The summed E-state index contributed by atoms with van der Waals surface area (Å²) in [5, 5.41) is 14.7. The molecule has 0 amide bonds. The second kappa shape index (κ2) is 5.61. The van der Waals surface area contributed by atoms with Gasteiger partial charge in [0.25, 0.3) is 0 Å². The molecule has 1 fully saturated rings. The van der Waals surface area contributed by atoms with Crippen LogP contribution in [0.15, 0.2) is 12.1 Å². The number of aliphatic hydroxyl groups is 1. The Kier molecular flexibility index (Phi) is 4.04. The Balaban J connectivity index is 1.71. The SMILES string of the molecule is OC1CCC(NC2CCc3c2ccc(Cl)c3Cl)CC1. The van der Waals surface area contributed by atoms with Gasteiger partial charge in [0, 0.05) is 12.1 Å². The molecule has 1 unspecified atom stereocenters. The lowest BCUT2D eigenvalue weighted by Gasteiger charge is -2.29. The molecule has 1 aromatic rings. The third-order valence-electron chi connectivity index (χ3n) is 4.42. The highest BCUT2D eigenvalue weighted by Gasteiger charge is 2.28. The van der Waals surface area contributed by atoms with E-state index in [4.69, 9.17) is 23.2 Å². The molecule has 0 spiro atoms. The van der Waals surface area contributed by atoms with E-state index in [1.54, 1.807) is 0 Å². The van der Waals surface area contributed by atoms with E-state index in [0.29, 0.717) is 17.1 Å². The van der Waals surface area contributed by atoms with Gasteiger partial charge in [0.2, 0.25) is 0 Å². The zero-order valence-electron chi connectivity index (χ0n) is 10.8. The van der Waals surface area contributed by atoms with E-state index in [2.05, 4.69) is 11.4 Å². The first-order valence-electron chi connectivity index (χ1n) is 7.06. The second-order valence-corrected chi connectivity index (χ2v) is 6.48. The van der Waals surface area contributed by atoms with E-state index >= 15 is 0 Å². The fraction of sp³-hybridized carbons (Fsp3) is 0.600. The molecule has 3 rings (SSSR count). The van der Waals surface area contributed by atoms with Gasteiger partial charge in [-0.25, -0.2) is 0 Å². The molecule has 1 saturated carbocycles. The molecule has 2 nitrogen and oxygen atoms in total. The van der Waals surface area contributed by atoms with Crippen LogP contribution < -0.4 is 5.32 Å². The van der Waals surface area contributed by atoms with Crippen molar-refractivity contribution in [3.05, 3.63) is 33.3 Å². The van der Waals surface area contributed by atoms with E-state index < -0.39 is 0 Å². The van der Waals surface area contributed by atoms with Crippen molar-refractivity contribution in [2.24, 2.45) is 0 Å². The number of fused-ring (bicyclic) bond motifs is 1. The van der Waals surface area contributed by atoms with E-state index in [9.17, 15) is 5.11 Å². The van der Waals surface area contributed by atoms with Crippen LogP contribution in [0.3, 0.4) is 0 Å². The van der Waals surface area contributed by atoms with Gasteiger partial charge in [-0.15, -0.1) is 0 Å². The molecule has 0 saturated heterocycles. The summed E-state index contributed by atoms with van der Waals surface area (Å²) in [5.41, 5.74) is 2.52. The standard InChI is InChI=1S/C15H19Cl2NO/c16-13-7-5-11-12(15(13)17)6-8-14(11)18-9-1-3-10(19)4-2-9/h5,7,9-10,14,18-19H,1-4,6,8H2. The fourth-order valence-electron chi connectivity index (χ4n) is 3.33. The highest BCUT2D eigenvalue weighted by atomic mass is 35.5. The number of aliphatic hydroxyl groups excluding tert-OH is 1. The van der Waals surface area contributed by atoms with Gasteiger partial charge in [-0.2, -0.15) is 0 Å². The molecule has 0 aliphatic heterocycles. The quantitative estimate of drug-likeness (QED) is 0.869. The van der Waals surface area contributed by atoms with Crippen LogP contribution >= 0.6 is 23.2 Å². The van der Waals surface area contributed by atoms with Crippen LogP contribution in [0.1, 0.15) is 49.3 Å².